The largest absolute Gasteiger partial charge is 0.309 e. The summed E-state index contributed by atoms with van der Waals surface area (Å²) in [5.74, 6) is 0. The van der Waals surface area contributed by atoms with Crippen LogP contribution in [0.5, 0.6) is 0 Å². The Morgan fingerprint density at radius 1 is 1.11 bits per heavy atom. The quantitative estimate of drug-likeness (QED) is 0.815. The first-order valence-corrected chi connectivity index (χ1v) is 7.46. The van der Waals surface area contributed by atoms with Gasteiger partial charge in [-0.2, -0.15) is 0 Å². The molecule has 1 nitrogen and oxygen atoms in total. The lowest BCUT2D eigenvalue weighted by molar-refractivity contribution is 0.369. The molecular weight excluding hydrogens is 230 g/mol. The Labute approximate surface area is 116 Å². The Bertz CT molecular complexity index is 563. The fraction of sp³-hybridized carbons (Fsp3) is 0.444. The molecule has 0 radical (unpaired) electrons. The van der Waals surface area contributed by atoms with Crippen LogP contribution in [-0.2, 0) is 0 Å². The van der Waals surface area contributed by atoms with Crippen molar-refractivity contribution in [2.24, 2.45) is 5.41 Å². The van der Waals surface area contributed by atoms with Gasteiger partial charge < -0.3 is 5.32 Å². The average molecular weight is 253 g/mol. The number of hydrogen-bond donors (Lipinski definition) is 1. The Hall–Kier alpha value is -1.34. The van der Waals surface area contributed by atoms with Gasteiger partial charge >= 0.3 is 0 Å². The van der Waals surface area contributed by atoms with Crippen molar-refractivity contribution in [3.63, 3.8) is 0 Å². The van der Waals surface area contributed by atoms with Crippen molar-refractivity contribution in [1.29, 1.82) is 0 Å². The molecule has 2 aromatic rings. The van der Waals surface area contributed by atoms with Crippen molar-refractivity contribution in [3.05, 3.63) is 48.0 Å². The Kier molecular flexibility index (Phi) is 3.32. The van der Waals surface area contributed by atoms with Crippen LogP contribution in [0, 0.1) is 5.41 Å². The van der Waals surface area contributed by atoms with Crippen molar-refractivity contribution >= 4 is 10.8 Å². The highest BCUT2D eigenvalue weighted by atomic mass is 14.9. The summed E-state index contributed by atoms with van der Waals surface area (Å²) in [6, 6.07) is 16.0. The zero-order chi connectivity index (χ0) is 13.3. The summed E-state index contributed by atoms with van der Waals surface area (Å²) < 4.78 is 0. The van der Waals surface area contributed by atoms with Crippen LogP contribution in [0.2, 0.25) is 0 Å². The molecule has 1 aliphatic rings. The van der Waals surface area contributed by atoms with Crippen LogP contribution in [0.1, 0.15) is 44.7 Å². The second-order valence-electron chi connectivity index (χ2n) is 6.11. The monoisotopic (exact) mass is 253 g/mol. The van der Waals surface area contributed by atoms with Crippen LogP contribution in [0.3, 0.4) is 0 Å². The lowest BCUT2D eigenvalue weighted by Gasteiger charge is -2.26. The van der Waals surface area contributed by atoms with Crippen LogP contribution in [0.15, 0.2) is 42.5 Å². The van der Waals surface area contributed by atoms with Crippen LogP contribution in [-0.4, -0.2) is 6.54 Å². The summed E-state index contributed by atoms with van der Waals surface area (Å²) in [5.41, 5.74) is 1.94. The maximum atomic E-state index is 3.78. The Morgan fingerprint density at radius 3 is 2.58 bits per heavy atom. The van der Waals surface area contributed by atoms with Gasteiger partial charge in [-0.05, 0) is 47.6 Å². The molecule has 0 spiro atoms. The van der Waals surface area contributed by atoms with Gasteiger partial charge in [0.05, 0.1) is 0 Å². The first kappa shape index (κ1) is 12.7. The van der Waals surface area contributed by atoms with Crippen LogP contribution < -0.4 is 5.32 Å². The molecular formula is C18H23N. The highest BCUT2D eigenvalue weighted by molar-refractivity contribution is 5.86. The smallest absolute Gasteiger partial charge is 0.0380 e. The van der Waals surface area contributed by atoms with Gasteiger partial charge in [0.2, 0.25) is 0 Å². The topological polar surface area (TPSA) is 12.0 Å². The van der Waals surface area contributed by atoms with E-state index in [0.717, 1.165) is 6.54 Å². The molecule has 1 fully saturated rings. The molecule has 1 unspecified atom stereocenters. The second-order valence-corrected chi connectivity index (χ2v) is 6.11. The van der Waals surface area contributed by atoms with E-state index >= 15 is 0 Å². The molecule has 1 heteroatoms. The summed E-state index contributed by atoms with van der Waals surface area (Å²) in [7, 11) is 0. The first-order valence-electron chi connectivity index (χ1n) is 7.46. The average Bonchev–Trinajstić information content (AvgIpc) is 3.18. The molecule has 0 heterocycles. The molecule has 0 saturated heterocycles. The first-order chi connectivity index (χ1) is 9.24. The number of hydrogen-bond acceptors (Lipinski definition) is 1. The van der Waals surface area contributed by atoms with E-state index in [1.165, 1.54) is 35.6 Å². The summed E-state index contributed by atoms with van der Waals surface area (Å²) in [4.78, 5) is 0. The molecule has 2 aromatic carbocycles. The van der Waals surface area contributed by atoms with E-state index in [0.29, 0.717) is 11.5 Å². The zero-order valence-corrected chi connectivity index (χ0v) is 11.9. The predicted octanol–water partition coefficient (Wildman–Crippen LogP) is 4.68. The van der Waals surface area contributed by atoms with Gasteiger partial charge in [0.25, 0.3) is 0 Å². The van der Waals surface area contributed by atoms with Gasteiger partial charge in [0.1, 0.15) is 0 Å². The third-order valence-electron chi connectivity index (χ3n) is 4.47. The lowest BCUT2D eigenvalue weighted by atomic mass is 9.88. The van der Waals surface area contributed by atoms with Gasteiger partial charge in [-0.1, -0.05) is 56.3 Å². The van der Waals surface area contributed by atoms with Gasteiger partial charge in [-0.3, -0.25) is 0 Å². The lowest BCUT2D eigenvalue weighted by Crippen LogP contribution is -2.28. The predicted molar refractivity (Wildman–Crippen MR) is 82.3 cm³/mol. The molecule has 1 saturated carbocycles. The molecule has 0 bridgehead atoms. The van der Waals surface area contributed by atoms with E-state index < -0.39 is 0 Å². The maximum Gasteiger partial charge on any atom is 0.0380 e. The fourth-order valence-corrected chi connectivity index (χ4v) is 3.01. The minimum atomic E-state index is 0.458. The van der Waals surface area contributed by atoms with E-state index in [4.69, 9.17) is 0 Å². The summed E-state index contributed by atoms with van der Waals surface area (Å²) in [6.07, 6.45) is 3.88. The van der Waals surface area contributed by atoms with Gasteiger partial charge in [-0.25, -0.2) is 0 Å². The SMILES string of the molecule is CCCNC(c1cccc2ccccc12)C1(C)CC1. The molecule has 1 N–H and O–H groups in total. The third kappa shape index (κ3) is 2.40. The summed E-state index contributed by atoms with van der Waals surface area (Å²) >= 11 is 0. The van der Waals surface area contributed by atoms with Crippen LogP contribution in [0.4, 0.5) is 0 Å². The van der Waals surface area contributed by atoms with E-state index in [2.05, 4.69) is 61.6 Å². The van der Waals surface area contributed by atoms with Gasteiger partial charge in [0.15, 0.2) is 0 Å². The molecule has 3 rings (SSSR count). The third-order valence-corrected chi connectivity index (χ3v) is 4.47. The molecule has 19 heavy (non-hydrogen) atoms. The second kappa shape index (κ2) is 4.97. The molecule has 0 aromatic heterocycles. The number of nitrogens with one attached hydrogen (secondary N) is 1. The number of fused-ring (bicyclic) bond motifs is 1. The highest BCUT2D eigenvalue weighted by Crippen LogP contribution is 2.55. The summed E-state index contributed by atoms with van der Waals surface area (Å²) in [5, 5.41) is 6.54. The fourth-order valence-electron chi connectivity index (χ4n) is 3.01. The highest BCUT2D eigenvalue weighted by Gasteiger charge is 2.45. The molecule has 0 amide bonds. The summed E-state index contributed by atoms with van der Waals surface area (Å²) in [6.45, 7) is 5.76. The Morgan fingerprint density at radius 2 is 1.84 bits per heavy atom. The van der Waals surface area contributed by atoms with Crippen molar-refractivity contribution in [2.45, 2.75) is 39.2 Å². The van der Waals surface area contributed by atoms with E-state index in [1.807, 2.05) is 0 Å². The molecule has 1 aliphatic carbocycles. The van der Waals surface area contributed by atoms with Crippen molar-refractivity contribution in [3.8, 4) is 0 Å². The molecule has 0 aliphatic heterocycles. The maximum absolute atomic E-state index is 3.78. The van der Waals surface area contributed by atoms with Crippen molar-refractivity contribution < 1.29 is 0 Å². The van der Waals surface area contributed by atoms with Crippen LogP contribution >= 0.6 is 0 Å². The van der Waals surface area contributed by atoms with Crippen LogP contribution in [0.25, 0.3) is 10.8 Å². The standard InChI is InChI=1S/C18H23N/c1-3-13-19-17(18(2)11-12-18)16-10-6-8-14-7-4-5-9-15(14)16/h4-10,17,19H,3,11-13H2,1-2H3. The van der Waals surface area contributed by atoms with Crippen molar-refractivity contribution in [2.75, 3.05) is 6.54 Å². The number of rotatable bonds is 5. The van der Waals surface area contributed by atoms with E-state index in [-0.39, 0.29) is 0 Å². The number of benzene rings is 2. The minimum Gasteiger partial charge on any atom is -0.309 e. The Balaban J connectivity index is 2.04. The molecule has 1 atom stereocenters. The zero-order valence-electron chi connectivity index (χ0n) is 11.9. The van der Waals surface area contributed by atoms with Gasteiger partial charge in [-0.15, -0.1) is 0 Å². The van der Waals surface area contributed by atoms with E-state index in [1.54, 1.807) is 0 Å². The minimum absolute atomic E-state index is 0.458. The normalized spacial score (nSPS) is 18.4. The van der Waals surface area contributed by atoms with Crippen molar-refractivity contribution in [1.82, 2.24) is 5.32 Å². The van der Waals surface area contributed by atoms with E-state index in [9.17, 15) is 0 Å². The van der Waals surface area contributed by atoms with Gasteiger partial charge in [0, 0.05) is 6.04 Å². The molecule has 100 valence electrons.